The van der Waals surface area contributed by atoms with Crippen LogP contribution in [0.1, 0.15) is 0 Å². The van der Waals surface area contributed by atoms with E-state index < -0.39 is 0 Å². The maximum absolute atomic E-state index is 13.7. The van der Waals surface area contributed by atoms with Gasteiger partial charge >= 0.3 is 0 Å². The first-order valence-corrected chi connectivity index (χ1v) is 12.5. The number of hydrogen-bond acceptors (Lipinski definition) is 6. The minimum Gasteiger partial charge on any atom is -0.357 e. The van der Waals surface area contributed by atoms with E-state index in [2.05, 4.69) is 38.1 Å². The SMILES string of the molecule is C=C(CN(C)C)Nc1cncc(-c2ccc3[nH]nc(-c4cc5c(-c6ccc(F)s6)cccc5[nH]4)c3n2)c1. The van der Waals surface area contributed by atoms with Gasteiger partial charge in [0, 0.05) is 45.3 Å². The molecule has 7 nitrogen and oxygen atoms in total. The average Bonchev–Trinajstić information content (AvgIpc) is 3.60. The van der Waals surface area contributed by atoms with Gasteiger partial charge in [-0.3, -0.25) is 10.1 Å². The molecule has 0 aliphatic heterocycles. The van der Waals surface area contributed by atoms with Gasteiger partial charge in [0.25, 0.3) is 0 Å². The molecule has 0 radical (unpaired) electrons. The molecule has 37 heavy (non-hydrogen) atoms. The Morgan fingerprint density at radius 1 is 1.08 bits per heavy atom. The number of nitrogens with zero attached hydrogens (tertiary/aromatic N) is 4. The molecule has 0 bridgehead atoms. The van der Waals surface area contributed by atoms with E-state index in [0.29, 0.717) is 0 Å². The summed E-state index contributed by atoms with van der Waals surface area (Å²) in [6, 6.07) is 17.3. The highest BCUT2D eigenvalue weighted by atomic mass is 32.1. The molecule has 6 rings (SSSR count). The van der Waals surface area contributed by atoms with Crippen LogP contribution in [0.2, 0.25) is 0 Å². The van der Waals surface area contributed by atoms with Crippen molar-refractivity contribution >= 4 is 39.0 Å². The Morgan fingerprint density at radius 2 is 1.97 bits per heavy atom. The van der Waals surface area contributed by atoms with Crippen LogP contribution < -0.4 is 5.32 Å². The number of hydrogen-bond donors (Lipinski definition) is 3. The first kappa shape index (κ1) is 23.1. The highest BCUT2D eigenvalue weighted by Crippen LogP contribution is 2.36. The van der Waals surface area contributed by atoms with Crippen molar-refractivity contribution < 1.29 is 4.39 Å². The van der Waals surface area contributed by atoms with E-state index in [1.165, 1.54) is 6.07 Å². The monoisotopic (exact) mass is 509 g/mol. The van der Waals surface area contributed by atoms with Gasteiger partial charge in [-0.1, -0.05) is 18.7 Å². The van der Waals surface area contributed by atoms with Crippen LogP contribution in [0.25, 0.3) is 55.0 Å². The molecule has 0 aliphatic rings. The average molecular weight is 510 g/mol. The van der Waals surface area contributed by atoms with Gasteiger partial charge in [0.15, 0.2) is 5.13 Å². The van der Waals surface area contributed by atoms with Gasteiger partial charge in [0.05, 0.1) is 28.8 Å². The van der Waals surface area contributed by atoms with Gasteiger partial charge in [-0.25, -0.2) is 4.98 Å². The Kier molecular flexibility index (Phi) is 5.78. The number of H-pyrrole nitrogens is 2. The van der Waals surface area contributed by atoms with Gasteiger partial charge < -0.3 is 15.2 Å². The van der Waals surface area contributed by atoms with Crippen LogP contribution in [0.5, 0.6) is 0 Å². The molecule has 0 amide bonds. The number of thiophene rings is 1. The number of aromatic nitrogens is 5. The molecular formula is C28H24FN7S. The van der Waals surface area contributed by atoms with Crippen LogP contribution >= 0.6 is 11.3 Å². The number of aromatic amines is 2. The summed E-state index contributed by atoms with van der Waals surface area (Å²) >= 11 is 1.14. The zero-order chi connectivity index (χ0) is 25.5. The predicted molar refractivity (Wildman–Crippen MR) is 149 cm³/mol. The number of pyridine rings is 2. The second-order valence-corrected chi connectivity index (χ2v) is 10.2. The van der Waals surface area contributed by atoms with Gasteiger partial charge in [0.1, 0.15) is 11.2 Å². The summed E-state index contributed by atoms with van der Waals surface area (Å²) in [5, 5.41) is 11.8. The lowest BCUT2D eigenvalue weighted by atomic mass is 10.1. The number of fused-ring (bicyclic) bond motifs is 2. The van der Waals surface area contributed by atoms with Gasteiger partial charge in [-0.15, -0.1) is 11.3 Å². The van der Waals surface area contributed by atoms with Crippen LogP contribution in [0.4, 0.5) is 10.1 Å². The van der Waals surface area contributed by atoms with Gasteiger partial charge in [-0.2, -0.15) is 9.49 Å². The fourth-order valence-electron chi connectivity index (χ4n) is 4.48. The normalized spacial score (nSPS) is 11.6. The Hall–Kier alpha value is -4.34. The summed E-state index contributed by atoms with van der Waals surface area (Å²) in [4.78, 5) is 15.7. The predicted octanol–water partition coefficient (Wildman–Crippen LogP) is 6.52. The molecule has 0 atom stereocenters. The van der Waals surface area contributed by atoms with Gasteiger partial charge in [-0.05, 0) is 56.6 Å². The highest BCUT2D eigenvalue weighted by Gasteiger charge is 2.16. The van der Waals surface area contributed by atoms with Crippen LogP contribution in [-0.2, 0) is 0 Å². The molecule has 5 heterocycles. The Labute approximate surface area is 216 Å². The van der Waals surface area contributed by atoms with Crippen molar-refractivity contribution in [3.8, 4) is 33.1 Å². The summed E-state index contributed by atoms with van der Waals surface area (Å²) in [6.07, 6.45) is 3.57. The van der Waals surface area contributed by atoms with Crippen molar-refractivity contribution in [1.29, 1.82) is 0 Å². The Balaban J connectivity index is 1.38. The summed E-state index contributed by atoms with van der Waals surface area (Å²) in [7, 11) is 4.00. The van der Waals surface area contributed by atoms with E-state index in [1.807, 2.05) is 61.5 Å². The second kappa shape index (κ2) is 9.27. The molecule has 0 fully saturated rings. The number of rotatable bonds is 7. The zero-order valence-electron chi connectivity index (χ0n) is 20.3. The van der Waals surface area contributed by atoms with Crippen LogP contribution in [0, 0.1) is 5.13 Å². The van der Waals surface area contributed by atoms with Crippen LogP contribution in [-0.4, -0.2) is 50.7 Å². The van der Waals surface area contributed by atoms with Crippen molar-refractivity contribution in [2.24, 2.45) is 0 Å². The summed E-state index contributed by atoms with van der Waals surface area (Å²) in [5.41, 5.74) is 8.48. The summed E-state index contributed by atoms with van der Waals surface area (Å²) < 4.78 is 13.7. The smallest absolute Gasteiger partial charge is 0.176 e. The molecule has 5 aromatic heterocycles. The molecule has 3 N–H and O–H groups in total. The number of likely N-dealkylation sites (N-methyl/N-ethyl adjacent to an activating group) is 1. The maximum Gasteiger partial charge on any atom is 0.176 e. The van der Waals surface area contributed by atoms with Crippen LogP contribution in [0.15, 0.2) is 79.3 Å². The lowest BCUT2D eigenvalue weighted by molar-refractivity contribution is 0.447. The maximum atomic E-state index is 13.7. The standard InChI is InChI=1S/C28H24FN7S/c1-16(15-36(2)3)31-18-11-17(13-30-14-18)21-7-8-23-27(33-21)28(35-34-23)24-12-20-19(5-4-6-22(20)32-24)25-9-10-26(29)37-25/h4-14,31-32H,1,15H2,2-3H3,(H,34,35). The van der Waals surface area contributed by atoms with Crippen molar-refractivity contribution in [3.05, 3.63) is 84.4 Å². The Morgan fingerprint density at radius 3 is 2.78 bits per heavy atom. The first-order valence-electron chi connectivity index (χ1n) is 11.7. The lowest BCUT2D eigenvalue weighted by Gasteiger charge is -2.14. The number of halogens is 1. The fourth-order valence-corrected chi connectivity index (χ4v) is 5.25. The zero-order valence-corrected chi connectivity index (χ0v) is 21.2. The lowest BCUT2D eigenvalue weighted by Crippen LogP contribution is -2.18. The first-order chi connectivity index (χ1) is 17.9. The van der Waals surface area contributed by atoms with Crippen LogP contribution in [0.3, 0.4) is 0 Å². The third-order valence-electron chi connectivity index (χ3n) is 6.03. The largest absolute Gasteiger partial charge is 0.357 e. The van der Waals surface area contributed by atoms with Crippen molar-refractivity contribution in [3.63, 3.8) is 0 Å². The quantitative estimate of drug-likeness (QED) is 0.228. The molecule has 0 saturated heterocycles. The third-order valence-corrected chi connectivity index (χ3v) is 6.93. The fraction of sp³-hybridized carbons (Fsp3) is 0.107. The molecule has 6 aromatic rings. The van der Waals surface area contributed by atoms with Gasteiger partial charge in [0.2, 0.25) is 0 Å². The number of nitrogens with one attached hydrogen (secondary N) is 3. The van der Waals surface area contributed by atoms with Crippen molar-refractivity contribution in [2.75, 3.05) is 26.0 Å². The molecule has 9 heteroatoms. The third kappa shape index (κ3) is 4.50. The minimum atomic E-state index is -0.200. The van der Waals surface area contributed by atoms with E-state index in [4.69, 9.17) is 4.98 Å². The molecule has 0 unspecified atom stereocenters. The molecular weight excluding hydrogens is 485 g/mol. The van der Waals surface area contributed by atoms with E-state index >= 15 is 0 Å². The van der Waals surface area contributed by atoms with E-state index in [1.54, 1.807) is 12.4 Å². The van der Waals surface area contributed by atoms with E-state index in [9.17, 15) is 4.39 Å². The van der Waals surface area contributed by atoms with Crippen molar-refractivity contribution in [2.45, 2.75) is 0 Å². The molecule has 0 spiro atoms. The number of benzene rings is 1. The van der Waals surface area contributed by atoms with E-state index in [0.717, 1.165) is 84.3 Å². The highest BCUT2D eigenvalue weighted by molar-refractivity contribution is 7.14. The summed E-state index contributed by atoms with van der Waals surface area (Å²) in [5.74, 6) is 0. The second-order valence-electron chi connectivity index (χ2n) is 9.15. The molecule has 184 valence electrons. The number of anilines is 1. The molecule has 1 aromatic carbocycles. The molecule has 0 aliphatic carbocycles. The molecule has 0 saturated carbocycles. The van der Waals surface area contributed by atoms with E-state index in [-0.39, 0.29) is 5.13 Å². The Bertz CT molecular complexity index is 1760. The van der Waals surface area contributed by atoms with Crippen molar-refractivity contribution in [1.82, 2.24) is 30.0 Å². The summed E-state index contributed by atoms with van der Waals surface area (Å²) in [6.45, 7) is 4.81. The topological polar surface area (TPSA) is 85.5 Å². The minimum absolute atomic E-state index is 0.200.